The lowest BCUT2D eigenvalue weighted by atomic mass is 10.0. The normalized spacial score (nSPS) is 16.2. The highest BCUT2D eigenvalue weighted by Crippen LogP contribution is 2.17. The van der Waals surface area contributed by atoms with Gasteiger partial charge in [-0.15, -0.1) is 6.58 Å². The van der Waals surface area contributed by atoms with E-state index in [1.807, 2.05) is 5.70 Å². The third-order valence-electron chi connectivity index (χ3n) is 3.41. The van der Waals surface area contributed by atoms with Gasteiger partial charge in [-0.25, -0.2) is 0 Å². The van der Waals surface area contributed by atoms with Gasteiger partial charge in [-0.2, -0.15) is 0 Å². The Hall–Kier alpha value is -0.123. The summed E-state index contributed by atoms with van der Waals surface area (Å²) in [7, 11) is -2.11. The highest BCUT2D eigenvalue weighted by Gasteiger charge is 2.28. The van der Waals surface area contributed by atoms with Gasteiger partial charge in [-0.3, -0.25) is 0 Å². The third kappa shape index (κ3) is 8.06. The van der Waals surface area contributed by atoms with Crippen molar-refractivity contribution in [3.63, 3.8) is 0 Å². The largest absolute Gasteiger partial charge is 0.391 e. The molecule has 0 amide bonds. The molecule has 0 N–H and O–H groups in total. The summed E-state index contributed by atoms with van der Waals surface area (Å²) in [5.41, 5.74) is 1.91. The quantitative estimate of drug-likeness (QED) is 0.374. The number of unbranched alkanes of at least 4 members (excludes halogenated alkanes) is 2. The molecule has 2 unspecified atom stereocenters. The molecule has 2 atom stereocenters. The molecule has 0 aromatic carbocycles. The Balaban J connectivity index is 4.04. The average Bonchev–Trinajstić information content (AvgIpc) is 2.39. The Labute approximate surface area is 115 Å². The minimum Gasteiger partial charge on any atom is -0.391 e. The Morgan fingerprint density at radius 3 is 2.28 bits per heavy atom. The van der Waals surface area contributed by atoms with Crippen molar-refractivity contribution >= 4 is 8.56 Å². The zero-order valence-electron chi connectivity index (χ0n) is 12.8. The van der Waals surface area contributed by atoms with Crippen molar-refractivity contribution in [2.75, 3.05) is 13.2 Å². The monoisotopic (exact) mass is 272 g/mol. The van der Waals surface area contributed by atoms with Crippen molar-refractivity contribution in [1.29, 1.82) is 0 Å². The zero-order valence-corrected chi connectivity index (χ0v) is 13.8. The first-order chi connectivity index (χ1) is 8.61. The van der Waals surface area contributed by atoms with E-state index in [9.17, 15) is 0 Å². The second-order valence-corrected chi connectivity index (χ2v) is 8.17. The van der Waals surface area contributed by atoms with Gasteiger partial charge in [0.1, 0.15) is 0 Å². The number of rotatable bonds is 12. The first-order valence-electron chi connectivity index (χ1n) is 7.53. The Bertz CT molecular complexity index is 209. The molecule has 0 aliphatic carbocycles. The van der Waals surface area contributed by atoms with Crippen LogP contribution in [0.25, 0.3) is 0 Å². The van der Waals surface area contributed by atoms with Gasteiger partial charge in [0, 0.05) is 13.2 Å². The van der Waals surface area contributed by atoms with Crippen molar-refractivity contribution in [3.8, 4) is 0 Å². The van der Waals surface area contributed by atoms with Crippen molar-refractivity contribution < 1.29 is 8.85 Å². The fourth-order valence-corrected chi connectivity index (χ4v) is 3.20. The van der Waals surface area contributed by atoms with Crippen LogP contribution in [-0.2, 0) is 8.85 Å². The molecule has 108 valence electrons. The summed E-state index contributed by atoms with van der Waals surface area (Å²) in [4.78, 5) is 0. The maximum absolute atomic E-state index is 6.07. The van der Waals surface area contributed by atoms with E-state index in [-0.39, 0.29) is 0 Å². The molecule has 0 spiro atoms. The van der Waals surface area contributed by atoms with E-state index in [2.05, 4.69) is 33.9 Å². The van der Waals surface area contributed by atoms with Gasteiger partial charge < -0.3 is 8.85 Å². The summed E-state index contributed by atoms with van der Waals surface area (Å²) in [5.74, 6) is 0.673. The fraction of sp³-hybridized carbons (Fsp3) is 0.867. The molecular formula is C15H32O2Si. The zero-order chi connectivity index (χ0) is 13.9. The third-order valence-corrected chi connectivity index (χ3v) is 5.67. The van der Waals surface area contributed by atoms with Crippen LogP contribution < -0.4 is 0 Å². The van der Waals surface area contributed by atoms with E-state index < -0.39 is 8.56 Å². The van der Waals surface area contributed by atoms with Crippen molar-refractivity contribution in [3.05, 3.63) is 12.3 Å². The number of hydrogen-bond acceptors (Lipinski definition) is 2. The standard InChI is InChI=1S/C15H32O2Si/c1-6-10-12-15(8-3)14-17-18(5,9-4)16-13-11-7-2/h9,15H,4,6-8,10-14H2,1-3,5H3. The van der Waals surface area contributed by atoms with Crippen LogP contribution in [0.2, 0.25) is 6.55 Å². The summed E-state index contributed by atoms with van der Waals surface area (Å²) in [6.07, 6.45) is 7.28. The van der Waals surface area contributed by atoms with Gasteiger partial charge in [-0.05, 0) is 31.0 Å². The molecule has 3 heteroatoms. The fourth-order valence-electron chi connectivity index (χ4n) is 1.76. The molecule has 0 bridgehead atoms. The molecular weight excluding hydrogens is 240 g/mol. The first-order valence-corrected chi connectivity index (χ1v) is 9.92. The maximum Gasteiger partial charge on any atom is 0.361 e. The molecule has 0 aliphatic rings. The van der Waals surface area contributed by atoms with Crippen LogP contribution in [0.1, 0.15) is 59.3 Å². The summed E-state index contributed by atoms with van der Waals surface area (Å²) in [5, 5.41) is 0. The van der Waals surface area contributed by atoms with Crippen molar-refractivity contribution in [2.24, 2.45) is 5.92 Å². The molecule has 0 saturated carbocycles. The molecule has 0 fully saturated rings. The van der Waals surface area contributed by atoms with Crippen LogP contribution in [0.15, 0.2) is 12.3 Å². The molecule has 0 radical (unpaired) electrons. The average molecular weight is 273 g/mol. The molecule has 0 aromatic rings. The lowest BCUT2D eigenvalue weighted by molar-refractivity contribution is 0.150. The van der Waals surface area contributed by atoms with Crippen LogP contribution in [0.3, 0.4) is 0 Å². The van der Waals surface area contributed by atoms with E-state index in [1.165, 1.54) is 25.7 Å². The molecule has 0 rings (SSSR count). The molecule has 0 aromatic heterocycles. The van der Waals surface area contributed by atoms with Gasteiger partial charge in [-0.1, -0.05) is 46.5 Å². The predicted molar refractivity (Wildman–Crippen MR) is 81.9 cm³/mol. The first kappa shape index (κ1) is 17.9. The Kier molecular flexibility index (Phi) is 10.7. The summed E-state index contributed by atoms with van der Waals surface area (Å²) in [6, 6.07) is 0. The van der Waals surface area contributed by atoms with E-state index in [1.54, 1.807) is 0 Å². The highest BCUT2D eigenvalue weighted by molar-refractivity contribution is 6.71. The van der Waals surface area contributed by atoms with E-state index in [4.69, 9.17) is 8.85 Å². The van der Waals surface area contributed by atoms with Crippen LogP contribution >= 0.6 is 0 Å². The summed E-state index contributed by atoms with van der Waals surface area (Å²) < 4.78 is 12.0. The number of hydrogen-bond donors (Lipinski definition) is 0. The van der Waals surface area contributed by atoms with Gasteiger partial charge >= 0.3 is 8.56 Å². The van der Waals surface area contributed by atoms with Crippen LogP contribution in [-0.4, -0.2) is 21.8 Å². The smallest absolute Gasteiger partial charge is 0.361 e. The lowest BCUT2D eigenvalue weighted by Crippen LogP contribution is -2.38. The minimum atomic E-state index is -2.11. The maximum atomic E-state index is 6.07. The van der Waals surface area contributed by atoms with Crippen molar-refractivity contribution in [1.82, 2.24) is 0 Å². The van der Waals surface area contributed by atoms with Gasteiger partial charge in [0.15, 0.2) is 0 Å². The summed E-state index contributed by atoms with van der Waals surface area (Å²) >= 11 is 0. The summed E-state index contributed by atoms with van der Waals surface area (Å²) in [6.45, 7) is 14.3. The van der Waals surface area contributed by atoms with E-state index in [0.717, 1.165) is 26.1 Å². The molecule has 2 nitrogen and oxygen atoms in total. The van der Waals surface area contributed by atoms with Crippen LogP contribution in [0.4, 0.5) is 0 Å². The Morgan fingerprint density at radius 1 is 1.11 bits per heavy atom. The minimum absolute atomic E-state index is 0.673. The molecule has 0 aliphatic heterocycles. The second-order valence-electron chi connectivity index (χ2n) is 5.15. The molecule has 0 heterocycles. The predicted octanol–water partition coefficient (Wildman–Crippen LogP) is 4.83. The SMILES string of the molecule is C=C[Si](C)(OCCCC)OCC(CC)CCCC. The lowest BCUT2D eigenvalue weighted by Gasteiger charge is -2.26. The van der Waals surface area contributed by atoms with Gasteiger partial charge in [0.25, 0.3) is 0 Å². The van der Waals surface area contributed by atoms with Crippen LogP contribution in [0, 0.1) is 5.92 Å². The van der Waals surface area contributed by atoms with E-state index in [0.29, 0.717) is 5.92 Å². The van der Waals surface area contributed by atoms with Gasteiger partial charge in [0.05, 0.1) is 0 Å². The topological polar surface area (TPSA) is 18.5 Å². The second kappa shape index (κ2) is 10.8. The Morgan fingerprint density at radius 2 is 1.78 bits per heavy atom. The van der Waals surface area contributed by atoms with Gasteiger partial charge in [0.2, 0.25) is 0 Å². The van der Waals surface area contributed by atoms with Crippen LogP contribution in [0.5, 0.6) is 0 Å². The molecule has 18 heavy (non-hydrogen) atoms. The van der Waals surface area contributed by atoms with Crippen molar-refractivity contribution in [2.45, 2.75) is 65.8 Å². The molecule has 0 saturated heterocycles. The van der Waals surface area contributed by atoms with E-state index >= 15 is 0 Å². The highest BCUT2D eigenvalue weighted by atomic mass is 28.4.